The Kier molecular flexibility index (Phi) is 4.86. The average molecular weight is 293 g/mol. The molecule has 0 amide bonds. The van der Waals surface area contributed by atoms with Crippen molar-refractivity contribution in [3.05, 3.63) is 29.6 Å². The summed E-state index contributed by atoms with van der Waals surface area (Å²) in [6.45, 7) is 6.48. The van der Waals surface area contributed by atoms with Gasteiger partial charge in [-0.1, -0.05) is 27.2 Å². The van der Waals surface area contributed by atoms with E-state index in [1.165, 1.54) is 18.6 Å². The predicted molar refractivity (Wildman–Crippen MR) is 81.4 cm³/mol. The highest BCUT2D eigenvalue weighted by Gasteiger charge is 2.33. The fraction of sp³-hybridized carbons (Fsp3) is 0.588. The van der Waals surface area contributed by atoms with E-state index in [0.29, 0.717) is 17.8 Å². The quantitative estimate of drug-likeness (QED) is 0.676. The second-order valence-corrected chi connectivity index (χ2v) is 6.50. The number of hydrogen-bond acceptors (Lipinski definition) is 3. The van der Waals surface area contributed by atoms with Gasteiger partial charge < -0.3 is 10.5 Å². The SMILES string of the molecule is CC1CCC(C(C)C)C(OC(=O)c2cc(F)ccc2N)C1. The highest BCUT2D eigenvalue weighted by atomic mass is 19.1. The van der Waals surface area contributed by atoms with Crippen molar-refractivity contribution in [3.63, 3.8) is 0 Å². The molecule has 21 heavy (non-hydrogen) atoms. The molecule has 116 valence electrons. The molecule has 1 aromatic rings. The third-order valence-electron chi connectivity index (χ3n) is 4.45. The molecule has 0 spiro atoms. The summed E-state index contributed by atoms with van der Waals surface area (Å²) in [5, 5.41) is 0. The maximum absolute atomic E-state index is 13.3. The molecule has 0 aromatic heterocycles. The van der Waals surface area contributed by atoms with E-state index in [1.54, 1.807) is 0 Å². The van der Waals surface area contributed by atoms with E-state index in [0.717, 1.165) is 18.9 Å². The lowest BCUT2D eigenvalue weighted by Crippen LogP contribution is -2.36. The molecule has 0 saturated heterocycles. The van der Waals surface area contributed by atoms with Crippen LogP contribution >= 0.6 is 0 Å². The minimum Gasteiger partial charge on any atom is -0.458 e. The van der Waals surface area contributed by atoms with Gasteiger partial charge in [-0.2, -0.15) is 0 Å². The molecule has 0 bridgehead atoms. The van der Waals surface area contributed by atoms with E-state index >= 15 is 0 Å². The maximum Gasteiger partial charge on any atom is 0.340 e. The molecule has 1 saturated carbocycles. The number of halogens is 1. The lowest BCUT2D eigenvalue weighted by Gasteiger charge is -2.36. The van der Waals surface area contributed by atoms with Gasteiger partial charge in [0, 0.05) is 5.69 Å². The van der Waals surface area contributed by atoms with Crippen molar-refractivity contribution < 1.29 is 13.9 Å². The number of anilines is 1. The van der Waals surface area contributed by atoms with Crippen molar-refractivity contribution in [1.82, 2.24) is 0 Å². The van der Waals surface area contributed by atoms with E-state index in [4.69, 9.17) is 10.5 Å². The third kappa shape index (κ3) is 3.74. The molecule has 1 aliphatic carbocycles. The van der Waals surface area contributed by atoms with Crippen molar-refractivity contribution in [3.8, 4) is 0 Å². The number of carbonyl (C=O) groups is 1. The van der Waals surface area contributed by atoms with Crippen molar-refractivity contribution in [1.29, 1.82) is 0 Å². The van der Waals surface area contributed by atoms with Crippen LogP contribution in [-0.4, -0.2) is 12.1 Å². The Hall–Kier alpha value is -1.58. The number of nitrogen functional groups attached to an aromatic ring is 1. The van der Waals surface area contributed by atoms with Gasteiger partial charge in [0.1, 0.15) is 11.9 Å². The van der Waals surface area contributed by atoms with Gasteiger partial charge in [-0.3, -0.25) is 0 Å². The summed E-state index contributed by atoms with van der Waals surface area (Å²) in [7, 11) is 0. The first-order chi connectivity index (χ1) is 9.88. The molecular formula is C17H24FNO2. The number of hydrogen-bond donors (Lipinski definition) is 1. The van der Waals surface area contributed by atoms with Gasteiger partial charge in [0.15, 0.2) is 0 Å². The lowest BCUT2D eigenvalue weighted by atomic mass is 9.75. The van der Waals surface area contributed by atoms with Crippen LogP contribution < -0.4 is 5.73 Å². The van der Waals surface area contributed by atoms with Gasteiger partial charge in [-0.15, -0.1) is 0 Å². The zero-order valence-corrected chi connectivity index (χ0v) is 12.9. The zero-order valence-electron chi connectivity index (χ0n) is 12.9. The third-order valence-corrected chi connectivity index (χ3v) is 4.45. The molecule has 3 atom stereocenters. The maximum atomic E-state index is 13.3. The Morgan fingerprint density at radius 2 is 2.10 bits per heavy atom. The molecule has 2 rings (SSSR count). The largest absolute Gasteiger partial charge is 0.458 e. The van der Waals surface area contributed by atoms with E-state index in [2.05, 4.69) is 20.8 Å². The summed E-state index contributed by atoms with van der Waals surface area (Å²) in [4.78, 5) is 12.3. The Labute approximate surface area is 125 Å². The second-order valence-electron chi connectivity index (χ2n) is 6.50. The van der Waals surface area contributed by atoms with Crippen molar-refractivity contribution in [2.75, 3.05) is 5.73 Å². The minimum absolute atomic E-state index is 0.107. The van der Waals surface area contributed by atoms with Crippen LogP contribution in [0.3, 0.4) is 0 Å². The Morgan fingerprint density at radius 1 is 1.38 bits per heavy atom. The number of carbonyl (C=O) groups excluding carboxylic acids is 1. The van der Waals surface area contributed by atoms with Gasteiger partial charge in [0.2, 0.25) is 0 Å². The molecule has 3 unspecified atom stereocenters. The highest BCUT2D eigenvalue weighted by molar-refractivity contribution is 5.95. The van der Waals surface area contributed by atoms with Crippen molar-refractivity contribution in [2.45, 2.75) is 46.1 Å². The minimum atomic E-state index is -0.517. The molecule has 1 aliphatic rings. The van der Waals surface area contributed by atoms with Gasteiger partial charge in [-0.25, -0.2) is 9.18 Å². The molecule has 0 aliphatic heterocycles. The van der Waals surface area contributed by atoms with Crippen LogP contribution in [-0.2, 0) is 4.74 Å². The van der Waals surface area contributed by atoms with Gasteiger partial charge in [0.25, 0.3) is 0 Å². The number of nitrogens with two attached hydrogens (primary N) is 1. The molecular weight excluding hydrogens is 269 g/mol. The Balaban J connectivity index is 2.14. The number of ether oxygens (including phenoxy) is 1. The molecule has 1 fully saturated rings. The first-order valence-corrected chi connectivity index (χ1v) is 7.64. The summed E-state index contributed by atoms with van der Waals surface area (Å²) >= 11 is 0. The normalized spacial score (nSPS) is 25.9. The number of rotatable bonds is 3. The van der Waals surface area contributed by atoms with Crippen LogP contribution in [0.1, 0.15) is 50.4 Å². The van der Waals surface area contributed by atoms with Crippen LogP contribution in [0.4, 0.5) is 10.1 Å². The second kappa shape index (κ2) is 6.46. The summed E-state index contributed by atoms with van der Waals surface area (Å²) in [6, 6.07) is 3.79. The summed E-state index contributed by atoms with van der Waals surface area (Å²) in [5.41, 5.74) is 6.13. The van der Waals surface area contributed by atoms with Crippen LogP contribution in [0.5, 0.6) is 0 Å². The Morgan fingerprint density at radius 3 is 2.76 bits per heavy atom. The first kappa shape index (κ1) is 15.8. The monoisotopic (exact) mass is 293 g/mol. The Bertz CT molecular complexity index is 516. The topological polar surface area (TPSA) is 52.3 Å². The molecule has 0 heterocycles. The summed E-state index contributed by atoms with van der Waals surface area (Å²) < 4.78 is 19.0. The highest BCUT2D eigenvalue weighted by Crippen LogP contribution is 2.36. The van der Waals surface area contributed by atoms with Crippen molar-refractivity contribution >= 4 is 11.7 Å². The smallest absolute Gasteiger partial charge is 0.340 e. The van der Waals surface area contributed by atoms with Crippen LogP contribution in [0.15, 0.2) is 18.2 Å². The molecule has 1 aromatic carbocycles. The average Bonchev–Trinajstić information content (AvgIpc) is 2.41. The summed E-state index contributed by atoms with van der Waals surface area (Å²) in [5.74, 6) is 0.369. The molecule has 4 heteroatoms. The number of esters is 1. The fourth-order valence-electron chi connectivity index (χ4n) is 3.16. The van der Waals surface area contributed by atoms with Crippen LogP contribution in [0, 0.1) is 23.6 Å². The first-order valence-electron chi connectivity index (χ1n) is 7.64. The van der Waals surface area contributed by atoms with Gasteiger partial charge in [0.05, 0.1) is 5.56 Å². The molecule has 2 N–H and O–H groups in total. The van der Waals surface area contributed by atoms with Crippen LogP contribution in [0.25, 0.3) is 0 Å². The standard InChI is InChI=1S/C17H24FNO2/c1-10(2)13-6-4-11(3)8-16(13)21-17(20)14-9-12(18)5-7-15(14)19/h5,7,9-11,13,16H,4,6,8,19H2,1-3H3. The van der Waals surface area contributed by atoms with Gasteiger partial charge in [-0.05, 0) is 48.8 Å². The number of benzene rings is 1. The van der Waals surface area contributed by atoms with E-state index < -0.39 is 11.8 Å². The van der Waals surface area contributed by atoms with E-state index in [-0.39, 0.29) is 17.4 Å². The van der Waals surface area contributed by atoms with E-state index in [9.17, 15) is 9.18 Å². The molecule has 3 nitrogen and oxygen atoms in total. The zero-order chi connectivity index (χ0) is 15.6. The van der Waals surface area contributed by atoms with Crippen LogP contribution in [0.2, 0.25) is 0 Å². The van der Waals surface area contributed by atoms with Crippen molar-refractivity contribution in [2.24, 2.45) is 17.8 Å². The molecule has 0 radical (unpaired) electrons. The lowest BCUT2D eigenvalue weighted by molar-refractivity contribution is -0.0173. The summed E-state index contributed by atoms with van der Waals surface area (Å²) in [6.07, 6.45) is 2.99. The van der Waals surface area contributed by atoms with E-state index in [1.807, 2.05) is 0 Å². The fourth-order valence-corrected chi connectivity index (χ4v) is 3.16. The predicted octanol–water partition coefficient (Wildman–Crippen LogP) is 4.03. The van der Waals surface area contributed by atoms with Gasteiger partial charge >= 0.3 is 5.97 Å².